The first-order chi connectivity index (χ1) is 9.53. The largest absolute Gasteiger partial charge is 0.481 e. The minimum Gasteiger partial charge on any atom is -0.481 e. The summed E-state index contributed by atoms with van der Waals surface area (Å²) in [4.78, 5) is 23.6. The summed E-state index contributed by atoms with van der Waals surface area (Å²) in [5.41, 5.74) is 5.30. The zero-order valence-corrected chi connectivity index (χ0v) is 13.7. The molecular weight excluding hydrogens is 268 g/mol. The van der Waals surface area contributed by atoms with Crippen LogP contribution in [0.4, 0.5) is 0 Å². The van der Waals surface area contributed by atoms with E-state index in [0.29, 0.717) is 25.2 Å². The van der Waals surface area contributed by atoms with Crippen LogP contribution in [0.15, 0.2) is 0 Å². The van der Waals surface area contributed by atoms with Crippen molar-refractivity contribution in [2.24, 2.45) is 23.0 Å². The van der Waals surface area contributed by atoms with Crippen molar-refractivity contribution in [2.75, 3.05) is 6.54 Å². The van der Waals surface area contributed by atoms with Crippen LogP contribution in [-0.2, 0) is 9.59 Å². The highest BCUT2D eigenvalue weighted by Gasteiger charge is 2.38. The second kappa shape index (κ2) is 6.77. The van der Waals surface area contributed by atoms with Gasteiger partial charge in [-0.1, -0.05) is 40.5 Å². The minimum atomic E-state index is -0.867. The van der Waals surface area contributed by atoms with Gasteiger partial charge in [-0.25, -0.2) is 0 Å². The van der Waals surface area contributed by atoms with Crippen molar-refractivity contribution in [1.29, 1.82) is 0 Å². The van der Waals surface area contributed by atoms with Crippen molar-refractivity contribution in [1.82, 2.24) is 5.32 Å². The summed E-state index contributed by atoms with van der Waals surface area (Å²) in [5.74, 6) is -1.19. The lowest BCUT2D eigenvalue weighted by atomic mass is 9.76. The second-order valence-corrected chi connectivity index (χ2v) is 7.87. The van der Waals surface area contributed by atoms with Crippen molar-refractivity contribution in [3.8, 4) is 0 Å². The van der Waals surface area contributed by atoms with Crippen molar-refractivity contribution in [3.05, 3.63) is 0 Å². The van der Waals surface area contributed by atoms with Gasteiger partial charge in [-0.2, -0.15) is 0 Å². The number of hydrogen-bond acceptors (Lipinski definition) is 3. The van der Waals surface area contributed by atoms with Crippen molar-refractivity contribution < 1.29 is 14.7 Å². The molecule has 0 spiro atoms. The first kappa shape index (κ1) is 18.0. The fraction of sp³-hybridized carbons (Fsp3) is 0.875. The quantitative estimate of drug-likeness (QED) is 0.725. The maximum atomic E-state index is 12.3. The lowest BCUT2D eigenvalue weighted by Crippen LogP contribution is -2.57. The number of rotatable bonds is 5. The predicted molar refractivity (Wildman–Crippen MR) is 82.8 cm³/mol. The number of aliphatic carboxylic acids is 1. The van der Waals surface area contributed by atoms with Gasteiger partial charge in [0.1, 0.15) is 0 Å². The Bertz CT molecular complexity index is 389. The fourth-order valence-electron chi connectivity index (χ4n) is 3.18. The third-order valence-corrected chi connectivity index (χ3v) is 4.20. The molecule has 1 aliphatic carbocycles. The van der Waals surface area contributed by atoms with E-state index in [0.717, 1.165) is 12.8 Å². The molecule has 3 atom stereocenters. The van der Waals surface area contributed by atoms with Crippen molar-refractivity contribution >= 4 is 11.9 Å². The van der Waals surface area contributed by atoms with Gasteiger partial charge >= 0.3 is 5.97 Å². The van der Waals surface area contributed by atoms with Gasteiger partial charge in [0.15, 0.2) is 0 Å². The molecule has 122 valence electrons. The third kappa shape index (κ3) is 5.65. The normalized spacial score (nSPS) is 28.0. The molecule has 0 radical (unpaired) electrons. The molecule has 0 aromatic carbocycles. The SMILES string of the molecule is CC1CCCC(N)(C(=O)NCC(CC(C)(C)C)C(=O)O)C1. The summed E-state index contributed by atoms with van der Waals surface area (Å²) in [6.45, 7) is 8.25. The molecule has 1 rings (SSSR count). The van der Waals surface area contributed by atoms with E-state index < -0.39 is 17.4 Å². The number of carboxylic acids is 1. The average Bonchev–Trinajstić information content (AvgIpc) is 2.32. The molecule has 4 N–H and O–H groups in total. The molecule has 21 heavy (non-hydrogen) atoms. The number of nitrogens with one attached hydrogen (secondary N) is 1. The van der Waals surface area contributed by atoms with Crippen LogP contribution < -0.4 is 11.1 Å². The highest BCUT2D eigenvalue weighted by atomic mass is 16.4. The van der Waals surface area contributed by atoms with Gasteiger partial charge < -0.3 is 16.2 Å². The zero-order chi connectivity index (χ0) is 16.3. The van der Waals surface area contributed by atoms with Gasteiger partial charge in [0.2, 0.25) is 5.91 Å². The molecule has 0 bridgehead atoms. The maximum Gasteiger partial charge on any atom is 0.308 e. The highest BCUT2D eigenvalue weighted by molar-refractivity contribution is 5.86. The molecule has 1 amide bonds. The molecular formula is C16H30N2O3. The number of carbonyl (C=O) groups is 2. The van der Waals surface area contributed by atoms with E-state index in [9.17, 15) is 14.7 Å². The Morgan fingerprint density at radius 3 is 2.52 bits per heavy atom. The first-order valence-electron chi connectivity index (χ1n) is 7.83. The van der Waals surface area contributed by atoms with Crippen LogP contribution in [0.5, 0.6) is 0 Å². The average molecular weight is 298 g/mol. The van der Waals surface area contributed by atoms with Crippen LogP contribution in [0.25, 0.3) is 0 Å². The topological polar surface area (TPSA) is 92.4 Å². The Hall–Kier alpha value is -1.10. The molecule has 1 fully saturated rings. The molecule has 3 unspecified atom stereocenters. The van der Waals surface area contributed by atoms with E-state index >= 15 is 0 Å². The Balaban J connectivity index is 2.59. The Morgan fingerprint density at radius 2 is 2.05 bits per heavy atom. The lowest BCUT2D eigenvalue weighted by Gasteiger charge is -2.35. The highest BCUT2D eigenvalue weighted by Crippen LogP contribution is 2.30. The summed E-state index contributed by atoms with van der Waals surface area (Å²) in [6, 6.07) is 0. The molecule has 1 saturated carbocycles. The molecule has 0 aliphatic heterocycles. The van der Waals surface area contributed by atoms with Crippen LogP contribution in [0.1, 0.15) is 59.8 Å². The summed E-state index contributed by atoms with van der Waals surface area (Å²) in [6.07, 6.45) is 3.94. The van der Waals surface area contributed by atoms with Gasteiger partial charge in [0.25, 0.3) is 0 Å². The van der Waals surface area contributed by atoms with Crippen LogP contribution in [0.2, 0.25) is 0 Å². The van der Waals surface area contributed by atoms with E-state index in [1.807, 2.05) is 20.8 Å². The van der Waals surface area contributed by atoms with Crippen LogP contribution in [0.3, 0.4) is 0 Å². The molecule has 5 heteroatoms. The number of carbonyl (C=O) groups excluding carboxylic acids is 1. The predicted octanol–water partition coefficient (Wildman–Crippen LogP) is 2.15. The smallest absolute Gasteiger partial charge is 0.308 e. The maximum absolute atomic E-state index is 12.3. The van der Waals surface area contributed by atoms with Crippen LogP contribution >= 0.6 is 0 Å². The number of hydrogen-bond donors (Lipinski definition) is 3. The number of carboxylic acid groups (broad SMARTS) is 1. The number of amides is 1. The van der Waals surface area contributed by atoms with Gasteiger partial charge in [0, 0.05) is 6.54 Å². The fourth-order valence-corrected chi connectivity index (χ4v) is 3.18. The van der Waals surface area contributed by atoms with Crippen molar-refractivity contribution in [2.45, 2.75) is 65.3 Å². The van der Waals surface area contributed by atoms with E-state index in [-0.39, 0.29) is 17.9 Å². The van der Waals surface area contributed by atoms with Gasteiger partial charge in [0.05, 0.1) is 11.5 Å². The summed E-state index contributed by atoms with van der Waals surface area (Å²) < 4.78 is 0. The molecule has 0 saturated heterocycles. The summed E-state index contributed by atoms with van der Waals surface area (Å²) in [5, 5.41) is 12.1. The molecule has 0 aromatic rings. The molecule has 1 aliphatic rings. The van der Waals surface area contributed by atoms with Crippen LogP contribution in [-0.4, -0.2) is 29.1 Å². The second-order valence-electron chi connectivity index (χ2n) is 7.87. The monoisotopic (exact) mass is 298 g/mol. The standard InChI is InChI=1S/C16H30N2O3/c1-11-6-5-7-16(17,8-11)14(21)18-10-12(13(19)20)9-15(2,3)4/h11-12H,5-10,17H2,1-4H3,(H,18,21)(H,19,20). The Morgan fingerprint density at radius 1 is 1.43 bits per heavy atom. The van der Waals surface area contributed by atoms with Crippen molar-refractivity contribution in [3.63, 3.8) is 0 Å². The number of nitrogens with two attached hydrogens (primary N) is 1. The van der Waals surface area contributed by atoms with Gasteiger partial charge in [-0.3, -0.25) is 9.59 Å². The summed E-state index contributed by atoms with van der Waals surface area (Å²) in [7, 11) is 0. The zero-order valence-electron chi connectivity index (χ0n) is 13.7. The van der Waals surface area contributed by atoms with E-state index in [4.69, 9.17) is 5.73 Å². The van der Waals surface area contributed by atoms with Gasteiger partial charge in [-0.05, 0) is 30.6 Å². The van der Waals surface area contributed by atoms with Gasteiger partial charge in [-0.15, -0.1) is 0 Å². The lowest BCUT2D eigenvalue weighted by molar-refractivity contribution is -0.143. The van der Waals surface area contributed by atoms with Crippen LogP contribution in [0, 0.1) is 17.3 Å². The van der Waals surface area contributed by atoms with E-state index in [2.05, 4.69) is 12.2 Å². The third-order valence-electron chi connectivity index (χ3n) is 4.20. The molecule has 0 aromatic heterocycles. The summed E-state index contributed by atoms with van der Waals surface area (Å²) >= 11 is 0. The minimum absolute atomic E-state index is 0.0897. The van der Waals surface area contributed by atoms with E-state index in [1.165, 1.54) is 0 Å². The van der Waals surface area contributed by atoms with E-state index in [1.54, 1.807) is 0 Å². The molecule has 5 nitrogen and oxygen atoms in total. The Kier molecular flexibility index (Phi) is 5.79. The molecule has 0 heterocycles. The Labute approximate surface area is 127 Å². The first-order valence-corrected chi connectivity index (χ1v) is 7.83.